The second-order valence-corrected chi connectivity index (χ2v) is 5.86. The van der Waals surface area contributed by atoms with E-state index in [4.69, 9.17) is 11.6 Å². The quantitative estimate of drug-likeness (QED) is 0.650. The molecular formula is C18H13ClF3NO. The van der Waals surface area contributed by atoms with Crippen LogP contribution in [0.15, 0.2) is 41.2 Å². The molecule has 0 atom stereocenters. The van der Waals surface area contributed by atoms with Crippen LogP contribution in [0.2, 0.25) is 5.02 Å². The smallest absolute Gasteiger partial charge is 0.264 e. The van der Waals surface area contributed by atoms with Crippen molar-refractivity contribution >= 4 is 22.4 Å². The number of hydrogen-bond acceptors (Lipinski definition) is 1. The number of aromatic nitrogens is 1. The molecule has 0 fully saturated rings. The molecule has 0 saturated carbocycles. The summed E-state index contributed by atoms with van der Waals surface area (Å²) in [5.41, 5.74) is 0.0105. The first-order valence-electron chi connectivity index (χ1n) is 7.41. The highest BCUT2D eigenvalue weighted by atomic mass is 35.5. The molecule has 0 bridgehead atoms. The van der Waals surface area contributed by atoms with Crippen LogP contribution in [0, 0.1) is 17.5 Å². The van der Waals surface area contributed by atoms with Crippen LogP contribution in [0.1, 0.15) is 19.0 Å². The Balaban J connectivity index is 2.44. The average molecular weight is 352 g/mol. The largest absolute Gasteiger partial charge is 0.280 e. The van der Waals surface area contributed by atoms with Gasteiger partial charge < -0.3 is 0 Å². The van der Waals surface area contributed by atoms with Gasteiger partial charge >= 0.3 is 0 Å². The number of aryl methyl sites for hydroxylation is 1. The monoisotopic (exact) mass is 351 g/mol. The van der Waals surface area contributed by atoms with Gasteiger partial charge in [0, 0.05) is 11.8 Å². The van der Waals surface area contributed by atoms with Gasteiger partial charge in [0.1, 0.15) is 17.5 Å². The van der Waals surface area contributed by atoms with Crippen molar-refractivity contribution < 1.29 is 13.2 Å². The molecule has 0 radical (unpaired) electrons. The summed E-state index contributed by atoms with van der Waals surface area (Å²) in [6.07, 6.45) is 1.23. The molecule has 2 nitrogen and oxygen atoms in total. The van der Waals surface area contributed by atoms with E-state index < -0.39 is 23.0 Å². The van der Waals surface area contributed by atoms with Gasteiger partial charge in [-0.05, 0) is 36.1 Å². The summed E-state index contributed by atoms with van der Waals surface area (Å²) in [7, 11) is 0. The van der Waals surface area contributed by atoms with Gasteiger partial charge in [-0.25, -0.2) is 13.2 Å². The summed E-state index contributed by atoms with van der Waals surface area (Å²) in [6.45, 7) is 1.92. The van der Waals surface area contributed by atoms with E-state index in [1.54, 1.807) is 6.07 Å². The van der Waals surface area contributed by atoms with Gasteiger partial charge in [-0.1, -0.05) is 31.0 Å². The Bertz CT molecular complexity index is 977. The summed E-state index contributed by atoms with van der Waals surface area (Å²) < 4.78 is 42.1. The lowest BCUT2D eigenvalue weighted by atomic mass is 10.1. The van der Waals surface area contributed by atoms with E-state index in [9.17, 15) is 18.0 Å². The van der Waals surface area contributed by atoms with E-state index in [0.29, 0.717) is 17.5 Å². The molecule has 24 heavy (non-hydrogen) atoms. The van der Waals surface area contributed by atoms with Gasteiger partial charge in [-0.2, -0.15) is 0 Å². The number of halogens is 4. The van der Waals surface area contributed by atoms with Crippen LogP contribution in [0.3, 0.4) is 0 Å². The maximum Gasteiger partial charge on any atom is 0.264 e. The van der Waals surface area contributed by atoms with Gasteiger partial charge in [-0.15, -0.1) is 0 Å². The zero-order chi connectivity index (χ0) is 17.4. The fraction of sp³-hybridized carbons (Fsp3) is 0.167. The van der Waals surface area contributed by atoms with Crippen molar-refractivity contribution in [2.75, 3.05) is 0 Å². The summed E-state index contributed by atoms with van der Waals surface area (Å²) >= 11 is 5.95. The second kappa shape index (κ2) is 6.32. The molecule has 2 aromatic carbocycles. The Morgan fingerprint density at radius 2 is 1.71 bits per heavy atom. The van der Waals surface area contributed by atoms with Crippen molar-refractivity contribution in [3.63, 3.8) is 0 Å². The molecule has 6 heteroatoms. The molecule has 0 aliphatic heterocycles. The van der Waals surface area contributed by atoms with Crippen LogP contribution in [0.5, 0.6) is 0 Å². The predicted molar refractivity (Wildman–Crippen MR) is 88.4 cm³/mol. The van der Waals surface area contributed by atoms with Crippen molar-refractivity contribution in [3.05, 3.63) is 74.9 Å². The number of hydrogen-bond donors (Lipinski definition) is 0. The molecule has 1 aromatic heterocycles. The highest BCUT2D eigenvalue weighted by Gasteiger charge is 2.16. The highest BCUT2D eigenvalue weighted by Crippen LogP contribution is 2.26. The van der Waals surface area contributed by atoms with E-state index in [-0.39, 0.29) is 16.1 Å². The Hall–Kier alpha value is -2.27. The zero-order valence-electron chi connectivity index (χ0n) is 12.7. The maximum atomic E-state index is 13.7. The third-order valence-corrected chi connectivity index (χ3v) is 4.13. The summed E-state index contributed by atoms with van der Waals surface area (Å²) in [5.74, 6) is -2.32. The molecule has 124 valence electrons. The highest BCUT2D eigenvalue weighted by molar-refractivity contribution is 6.35. The summed E-state index contributed by atoms with van der Waals surface area (Å²) in [5, 5.41) is 0.176. The zero-order valence-corrected chi connectivity index (χ0v) is 13.5. The van der Waals surface area contributed by atoms with Crippen molar-refractivity contribution in [1.82, 2.24) is 4.57 Å². The van der Waals surface area contributed by atoms with E-state index >= 15 is 0 Å². The van der Waals surface area contributed by atoms with Crippen LogP contribution in [-0.2, 0) is 6.42 Å². The molecule has 3 rings (SSSR count). The Morgan fingerprint density at radius 1 is 1.04 bits per heavy atom. The van der Waals surface area contributed by atoms with Crippen LogP contribution < -0.4 is 5.56 Å². The average Bonchev–Trinajstić information content (AvgIpc) is 2.50. The third-order valence-electron chi connectivity index (χ3n) is 3.77. The molecule has 1 heterocycles. The summed E-state index contributed by atoms with van der Waals surface area (Å²) in [6, 6.07) is 7.18. The van der Waals surface area contributed by atoms with E-state index in [1.807, 2.05) is 6.92 Å². The molecule has 0 aliphatic carbocycles. The van der Waals surface area contributed by atoms with Gasteiger partial charge in [-0.3, -0.25) is 9.36 Å². The number of pyridine rings is 1. The standard InChI is InChI=1S/C18H13ClF3NO/c1-2-3-13-6-10-4-5-15(22)17(19)16(10)18(24)23(13)14-8-11(20)7-12(21)9-14/h4-9H,2-3H2,1H3. The molecule has 0 saturated heterocycles. The van der Waals surface area contributed by atoms with Gasteiger partial charge in [0.2, 0.25) is 0 Å². The number of benzene rings is 2. The first-order valence-corrected chi connectivity index (χ1v) is 7.79. The fourth-order valence-corrected chi connectivity index (χ4v) is 3.03. The summed E-state index contributed by atoms with van der Waals surface area (Å²) in [4.78, 5) is 12.9. The van der Waals surface area contributed by atoms with E-state index in [1.165, 1.54) is 16.7 Å². The predicted octanol–water partition coefficient (Wildman–Crippen LogP) is 5.01. The lowest BCUT2D eigenvalue weighted by Gasteiger charge is -2.15. The lowest BCUT2D eigenvalue weighted by Crippen LogP contribution is -2.23. The van der Waals surface area contributed by atoms with Crippen molar-refractivity contribution in [1.29, 1.82) is 0 Å². The molecule has 0 amide bonds. The van der Waals surface area contributed by atoms with Crippen molar-refractivity contribution in [2.24, 2.45) is 0 Å². The Morgan fingerprint density at radius 3 is 2.33 bits per heavy atom. The van der Waals surface area contributed by atoms with Crippen LogP contribution in [-0.4, -0.2) is 4.57 Å². The number of fused-ring (bicyclic) bond motifs is 1. The van der Waals surface area contributed by atoms with Crippen molar-refractivity contribution in [2.45, 2.75) is 19.8 Å². The Labute approximate surface area is 141 Å². The van der Waals surface area contributed by atoms with E-state index in [0.717, 1.165) is 24.6 Å². The van der Waals surface area contributed by atoms with Crippen molar-refractivity contribution in [3.8, 4) is 5.69 Å². The number of rotatable bonds is 3. The minimum atomic E-state index is -0.801. The van der Waals surface area contributed by atoms with Crippen LogP contribution >= 0.6 is 11.6 Å². The fourth-order valence-electron chi connectivity index (χ4n) is 2.78. The topological polar surface area (TPSA) is 22.0 Å². The number of nitrogens with zero attached hydrogens (tertiary/aromatic N) is 1. The molecule has 0 spiro atoms. The molecule has 0 unspecified atom stereocenters. The molecule has 0 N–H and O–H groups in total. The SMILES string of the molecule is CCCc1cc2ccc(F)c(Cl)c2c(=O)n1-c1cc(F)cc(F)c1. The normalized spacial score (nSPS) is 11.2. The van der Waals surface area contributed by atoms with Crippen LogP contribution in [0.4, 0.5) is 13.2 Å². The lowest BCUT2D eigenvalue weighted by molar-refractivity contribution is 0.580. The minimum Gasteiger partial charge on any atom is -0.280 e. The molecular weight excluding hydrogens is 339 g/mol. The van der Waals surface area contributed by atoms with Gasteiger partial charge in [0.15, 0.2) is 0 Å². The Kier molecular flexibility index (Phi) is 4.37. The second-order valence-electron chi connectivity index (χ2n) is 5.48. The minimum absolute atomic E-state index is 0.0128. The maximum absolute atomic E-state index is 13.7. The van der Waals surface area contributed by atoms with E-state index in [2.05, 4.69) is 0 Å². The van der Waals surface area contributed by atoms with Gasteiger partial charge in [0.05, 0.1) is 16.1 Å². The molecule has 0 aliphatic rings. The first kappa shape index (κ1) is 16.6. The third kappa shape index (κ3) is 2.80. The first-order chi connectivity index (χ1) is 11.4. The van der Waals surface area contributed by atoms with Crippen LogP contribution in [0.25, 0.3) is 16.5 Å². The van der Waals surface area contributed by atoms with Gasteiger partial charge in [0.25, 0.3) is 5.56 Å². The molecule has 3 aromatic rings.